The molecule has 4 heteroatoms. The lowest BCUT2D eigenvalue weighted by molar-refractivity contribution is 0.198. The Kier molecular flexibility index (Phi) is 1.82. The highest BCUT2D eigenvalue weighted by atomic mass is 16.3. The van der Waals surface area contributed by atoms with E-state index in [2.05, 4.69) is 9.97 Å². The molecule has 0 aliphatic carbocycles. The molecule has 0 radical (unpaired) electrons. The molecule has 1 aromatic rings. The smallest absolute Gasteiger partial charge is 0.219 e. The molecular formula is C6H9N3O. The SMILES string of the molecule is CC(O)c1cnc(N)nc1. The van der Waals surface area contributed by atoms with Crippen LogP contribution in [0.3, 0.4) is 0 Å². The maximum absolute atomic E-state index is 8.99. The van der Waals surface area contributed by atoms with Gasteiger partial charge in [-0.05, 0) is 6.92 Å². The number of aliphatic hydroxyl groups is 1. The third-order valence-electron chi connectivity index (χ3n) is 1.17. The van der Waals surface area contributed by atoms with Gasteiger partial charge in [-0.25, -0.2) is 9.97 Å². The Bertz CT molecular complexity index is 207. The van der Waals surface area contributed by atoms with Crippen molar-refractivity contribution in [3.63, 3.8) is 0 Å². The minimum atomic E-state index is -0.527. The summed E-state index contributed by atoms with van der Waals surface area (Å²) in [6, 6.07) is 0. The second-order valence-corrected chi connectivity index (χ2v) is 2.05. The van der Waals surface area contributed by atoms with Crippen LogP contribution in [0.4, 0.5) is 5.95 Å². The van der Waals surface area contributed by atoms with Crippen molar-refractivity contribution in [3.8, 4) is 0 Å². The van der Waals surface area contributed by atoms with E-state index in [1.165, 1.54) is 12.4 Å². The third-order valence-corrected chi connectivity index (χ3v) is 1.17. The van der Waals surface area contributed by atoms with E-state index in [9.17, 15) is 0 Å². The van der Waals surface area contributed by atoms with Crippen molar-refractivity contribution in [3.05, 3.63) is 18.0 Å². The van der Waals surface area contributed by atoms with Crippen LogP contribution in [0.2, 0.25) is 0 Å². The first-order chi connectivity index (χ1) is 4.70. The van der Waals surface area contributed by atoms with E-state index in [0.717, 1.165) is 0 Å². The normalized spacial score (nSPS) is 13.0. The van der Waals surface area contributed by atoms with Crippen LogP contribution in [0, 0.1) is 0 Å². The number of anilines is 1. The summed E-state index contributed by atoms with van der Waals surface area (Å²) in [5.74, 6) is 0.226. The second kappa shape index (κ2) is 2.62. The molecule has 0 fully saturated rings. The van der Waals surface area contributed by atoms with E-state index in [4.69, 9.17) is 10.8 Å². The molecule has 54 valence electrons. The van der Waals surface area contributed by atoms with Crippen molar-refractivity contribution in [2.24, 2.45) is 0 Å². The number of nitrogen functional groups attached to an aromatic ring is 1. The van der Waals surface area contributed by atoms with Crippen LogP contribution in [-0.4, -0.2) is 15.1 Å². The summed E-state index contributed by atoms with van der Waals surface area (Å²) in [4.78, 5) is 7.41. The standard InChI is InChI=1S/C6H9N3O/c1-4(10)5-2-8-6(7)9-3-5/h2-4,10H,1H3,(H2,7,8,9). The molecule has 0 aliphatic rings. The molecule has 10 heavy (non-hydrogen) atoms. The lowest BCUT2D eigenvalue weighted by Gasteiger charge is -2.01. The summed E-state index contributed by atoms with van der Waals surface area (Å²) in [6.07, 6.45) is 2.49. The Morgan fingerprint density at radius 1 is 1.50 bits per heavy atom. The Labute approximate surface area is 58.7 Å². The molecule has 0 amide bonds. The quantitative estimate of drug-likeness (QED) is 0.579. The van der Waals surface area contributed by atoms with E-state index in [-0.39, 0.29) is 5.95 Å². The largest absolute Gasteiger partial charge is 0.389 e. The average molecular weight is 139 g/mol. The van der Waals surface area contributed by atoms with E-state index >= 15 is 0 Å². The summed E-state index contributed by atoms with van der Waals surface area (Å²) in [6.45, 7) is 1.65. The van der Waals surface area contributed by atoms with E-state index < -0.39 is 6.10 Å². The zero-order valence-corrected chi connectivity index (χ0v) is 5.65. The fourth-order valence-electron chi connectivity index (χ4n) is 0.564. The number of hydrogen-bond acceptors (Lipinski definition) is 4. The molecule has 0 saturated heterocycles. The monoisotopic (exact) mass is 139 g/mol. The topological polar surface area (TPSA) is 72.0 Å². The van der Waals surface area contributed by atoms with Gasteiger partial charge in [0.05, 0.1) is 6.10 Å². The minimum absolute atomic E-state index is 0.226. The molecule has 1 unspecified atom stereocenters. The summed E-state index contributed by atoms with van der Waals surface area (Å²) in [5, 5.41) is 8.99. The highest BCUT2D eigenvalue weighted by molar-refractivity contribution is 5.18. The molecule has 0 spiro atoms. The van der Waals surface area contributed by atoms with Crippen LogP contribution in [0.15, 0.2) is 12.4 Å². The van der Waals surface area contributed by atoms with Gasteiger partial charge in [-0.15, -0.1) is 0 Å². The molecular weight excluding hydrogens is 130 g/mol. The van der Waals surface area contributed by atoms with Crippen LogP contribution in [-0.2, 0) is 0 Å². The number of nitrogens with two attached hydrogens (primary N) is 1. The highest BCUT2D eigenvalue weighted by Crippen LogP contribution is 2.07. The molecule has 4 nitrogen and oxygen atoms in total. The molecule has 1 atom stereocenters. The average Bonchev–Trinajstić information content (AvgIpc) is 1.88. The number of hydrogen-bond donors (Lipinski definition) is 2. The molecule has 0 aliphatic heterocycles. The maximum Gasteiger partial charge on any atom is 0.219 e. The molecule has 1 rings (SSSR count). The summed E-state index contributed by atoms with van der Waals surface area (Å²) in [5.41, 5.74) is 5.90. The Morgan fingerprint density at radius 2 is 2.00 bits per heavy atom. The number of aromatic nitrogens is 2. The van der Waals surface area contributed by atoms with Crippen LogP contribution in [0.1, 0.15) is 18.6 Å². The summed E-state index contributed by atoms with van der Waals surface area (Å²) < 4.78 is 0. The predicted molar refractivity (Wildman–Crippen MR) is 37.1 cm³/mol. The van der Waals surface area contributed by atoms with Crippen molar-refractivity contribution in [2.45, 2.75) is 13.0 Å². The lowest BCUT2D eigenvalue weighted by Crippen LogP contribution is -1.97. The fourth-order valence-corrected chi connectivity index (χ4v) is 0.564. The van der Waals surface area contributed by atoms with Gasteiger partial charge in [0.2, 0.25) is 5.95 Å². The predicted octanol–water partition coefficient (Wildman–Crippen LogP) is 0.112. The van der Waals surface area contributed by atoms with E-state index in [1.807, 2.05) is 0 Å². The van der Waals surface area contributed by atoms with Crippen molar-refractivity contribution >= 4 is 5.95 Å². The van der Waals surface area contributed by atoms with Crippen LogP contribution in [0.25, 0.3) is 0 Å². The maximum atomic E-state index is 8.99. The van der Waals surface area contributed by atoms with Gasteiger partial charge in [0.25, 0.3) is 0 Å². The number of rotatable bonds is 1. The van der Waals surface area contributed by atoms with Gasteiger partial charge >= 0.3 is 0 Å². The van der Waals surface area contributed by atoms with Crippen LogP contribution >= 0.6 is 0 Å². The van der Waals surface area contributed by atoms with Crippen LogP contribution in [0.5, 0.6) is 0 Å². The first kappa shape index (κ1) is 6.95. The Hall–Kier alpha value is -1.16. The molecule has 1 aromatic heterocycles. The molecule has 3 N–H and O–H groups in total. The summed E-state index contributed by atoms with van der Waals surface area (Å²) in [7, 11) is 0. The third kappa shape index (κ3) is 1.41. The zero-order valence-electron chi connectivity index (χ0n) is 5.65. The van der Waals surface area contributed by atoms with Gasteiger partial charge in [-0.3, -0.25) is 0 Å². The first-order valence-electron chi connectivity index (χ1n) is 2.95. The Morgan fingerprint density at radius 3 is 2.40 bits per heavy atom. The van der Waals surface area contributed by atoms with E-state index in [0.29, 0.717) is 5.56 Å². The van der Waals surface area contributed by atoms with Gasteiger partial charge in [-0.1, -0.05) is 0 Å². The molecule has 0 aromatic carbocycles. The van der Waals surface area contributed by atoms with Crippen molar-refractivity contribution < 1.29 is 5.11 Å². The van der Waals surface area contributed by atoms with E-state index in [1.54, 1.807) is 6.92 Å². The van der Waals surface area contributed by atoms with Crippen molar-refractivity contribution in [2.75, 3.05) is 5.73 Å². The molecule has 1 heterocycles. The second-order valence-electron chi connectivity index (χ2n) is 2.05. The van der Waals surface area contributed by atoms with Gasteiger partial charge < -0.3 is 10.8 Å². The van der Waals surface area contributed by atoms with Crippen molar-refractivity contribution in [1.29, 1.82) is 0 Å². The number of nitrogens with zero attached hydrogens (tertiary/aromatic N) is 2. The van der Waals surface area contributed by atoms with Crippen molar-refractivity contribution in [1.82, 2.24) is 9.97 Å². The first-order valence-corrected chi connectivity index (χ1v) is 2.95. The molecule has 0 saturated carbocycles. The lowest BCUT2D eigenvalue weighted by atomic mass is 10.2. The van der Waals surface area contributed by atoms with Gasteiger partial charge in [-0.2, -0.15) is 0 Å². The minimum Gasteiger partial charge on any atom is -0.389 e. The highest BCUT2D eigenvalue weighted by Gasteiger charge is 1.99. The van der Waals surface area contributed by atoms with Crippen LogP contribution < -0.4 is 5.73 Å². The van der Waals surface area contributed by atoms with Gasteiger partial charge in [0.15, 0.2) is 0 Å². The van der Waals surface area contributed by atoms with Gasteiger partial charge in [0.1, 0.15) is 0 Å². The fraction of sp³-hybridized carbons (Fsp3) is 0.333. The Balaban J connectivity index is 2.89. The molecule has 0 bridgehead atoms. The summed E-state index contributed by atoms with van der Waals surface area (Å²) >= 11 is 0. The van der Waals surface area contributed by atoms with Gasteiger partial charge in [0, 0.05) is 18.0 Å². The zero-order chi connectivity index (χ0) is 7.56. The number of aliphatic hydroxyl groups excluding tert-OH is 1.